The molecule has 26 heavy (non-hydrogen) atoms. The van der Waals surface area contributed by atoms with Gasteiger partial charge in [-0.25, -0.2) is 0 Å². The van der Waals surface area contributed by atoms with Crippen LogP contribution in [-0.4, -0.2) is 24.2 Å². The highest BCUT2D eigenvalue weighted by Gasteiger charge is 2.15. The monoisotopic (exact) mass is 826 g/mol. The van der Waals surface area contributed by atoms with Crippen LogP contribution >= 0.6 is 103 Å². The minimum atomic E-state index is -1.12. The summed E-state index contributed by atoms with van der Waals surface area (Å²) in [6.07, 6.45) is 0.333. The quantitative estimate of drug-likeness (QED) is 0.433. The molecule has 1 unspecified atom stereocenters. The van der Waals surface area contributed by atoms with Crippen molar-refractivity contribution < 1.29 is 19.7 Å². The molecule has 0 saturated carbocycles. The lowest BCUT2D eigenvalue weighted by atomic mass is 10.1. The van der Waals surface area contributed by atoms with Gasteiger partial charge in [-0.3, -0.25) is 0 Å². The number of halogens is 5. The first kappa shape index (κ1) is 24.7. The van der Waals surface area contributed by atoms with Crippen LogP contribution in [0.25, 0.3) is 0 Å². The fourth-order valence-corrected chi connectivity index (χ4v) is 5.91. The lowest BCUT2D eigenvalue weighted by Gasteiger charge is -2.18. The molecule has 0 amide bonds. The molecule has 0 bridgehead atoms. The third-order valence-electron chi connectivity index (χ3n) is 3.34. The molecule has 5 nitrogen and oxygen atoms in total. The van der Waals surface area contributed by atoms with Crippen molar-refractivity contribution in [2.24, 2.45) is 0 Å². The number of phenolic OH excluding ortho intramolecular Hbond substituents is 1. The normalized spacial score (nSPS) is 11.6. The molecule has 1 atom stereocenters. The van der Waals surface area contributed by atoms with Crippen molar-refractivity contribution >= 4 is 109 Å². The lowest BCUT2D eigenvalue weighted by molar-refractivity contribution is -0.308. The van der Waals surface area contributed by atoms with Crippen molar-refractivity contribution in [3.05, 3.63) is 44.1 Å². The fourth-order valence-electron chi connectivity index (χ4n) is 2.09. The molecule has 142 valence electrons. The summed E-state index contributed by atoms with van der Waals surface area (Å²) in [6.45, 7) is 0. The Hall–Kier alpha value is 0.680. The summed E-state index contributed by atoms with van der Waals surface area (Å²) in [5, 5.41) is 23.7. The van der Waals surface area contributed by atoms with E-state index in [-0.39, 0.29) is 18.2 Å². The zero-order valence-corrected chi connectivity index (χ0v) is 22.6. The number of nitrogens with one attached hydrogen (secondary N) is 1. The lowest BCUT2D eigenvalue weighted by Crippen LogP contribution is -2.45. The number of aliphatic carboxylic acids is 1. The van der Waals surface area contributed by atoms with Crippen LogP contribution in [0.4, 0.5) is 0 Å². The molecule has 0 saturated heterocycles. The molecule has 0 fully saturated rings. The van der Waals surface area contributed by atoms with E-state index in [2.05, 4.69) is 95.7 Å². The van der Waals surface area contributed by atoms with E-state index < -0.39 is 12.0 Å². The van der Waals surface area contributed by atoms with Gasteiger partial charge in [-0.15, -0.1) is 12.4 Å². The summed E-state index contributed by atoms with van der Waals surface area (Å²) in [5.74, 6) is 0.462. The standard InChI is InChI=1S/C16H13I4NO4.ClH/c1-21-13(16(23)24)4-7-2-11(19)15(12(20)3-7)25-8-5-9(17)14(22)10(18)6-8;/h2-3,5-6,13,21-22H,4H2,1H3,(H,23,24);1H/p-1. The smallest absolute Gasteiger partial charge is 0.154 e. The number of likely N-dealkylation sites (N-methyl/N-ethyl adjacent to an activating group) is 1. The Morgan fingerprint density at radius 2 is 1.62 bits per heavy atom. The summed E-state index contributed by atoms with van der Waals surface area (Å²) in [7, 11) is 1.60. The Morgan fingerprint density at radius 3 is 2.04 bits per heavy atom. The molecule has 10 heteroatoms. The maximum atomic E-state index is 11.1. The molecule has 2 aromatic rings. The predicted molar refractivity (Wildman–Crippen MR) is 134 cm³/mol. The van der Waals surface area contributed by atoms with Gasteiger partial charge in [-0.2, -0.15) is 0 Å². The molecule has 2 rings (SSSR count). The highest BCUT2D eigenvalue weighted by atomic mass is 127. The van der Waals surface area contributed by atoms with E-state index in [9.17, 15) is 15.0 Å². The van der Waals surface area contributed by atoms with Crippen LogP contribution in [0.2, 0.25) is 0 Å². The van der Waals surface area contributed by atoms with E-state index in [0.717, 1.165) is 12.7 Å². The Labute approximate surface area is 212 Å². The van der Waals surface area contributed by atoms with Crippen molar-refractivity contribution in [3.63, 3.8) is 0 Å². The van der Waals surface area contributed by atoms with Crippen molar-refractivity contribution in [2.75, 3.05) is 7.05 Å². The van der Waals surface area contributed by atoms with E-state index in [0.29, 0.717) is 25.1 Å². The minimum absolute atomic E-state index is 0. The molecule has 0 heterocycles. The number of aromatic hydroxyl groups is 1. The van der Waals surface area contributed by atoms with E-state index in [1.807, 2.05) is 12.1 Å². The van der Waals surface area contributed by atoms with Gasteiger partial charge in [0.25, 0.3) is 0 Å². The van der Waals surface area contributed by atoms with Crippen molar-refractivity contribution in [1.29, 1.82) is 0 Å². The number of carboxylic acids is 1. The van der Waals surface area contributed by atoms with Crippen LogP contribution in [0, 0.1) is 14.3 Å². The average Bonchev–Trinajstić information content (AvgIpc) is 2.53. The summed E-state index contributed by atoms with van der Waals surface area (Å²) < 4.78 is 9.20. The Morgan fingerprint density at radius 1 is 1.12 bits per heavy atom. The SMILES string of the molecule is CNC(Cc1cc(I)c(Oc2cc(I)c(O)c(I)c2)c(I)c1)C(=O)[O-].Cl. The van der Waals surface area contributed by atoms with Crippen molar-refractivity contribution in [3.8, 4) is 17.2 Å². The largest absolute Gasteiger partial charge is 0.548 e. The Bertz CT molecular complexity index is 773. The van der Waals surface area contributed by atoms with Crippen LogP contribution < -0.4 is 15.2 Å². The number of carboxylic acid groups (broad SMARTS) is 1. The molecule has 0 aliphatic carbocycles. The predicted octanol–water partition coefficient (Wildman–Crippen LogP) is 3.91. The topological polar surface area (TPSA) is 81.6 Å². The van der Waals surface area contributed by atoms with Gasteiger partial charge >= 0.3 is 0 Å². The van der Waals surface area contributed by atoms with Crippen LogP contribution in [0.3, 0.4) is 0 Å². The van der Waals surface area contributed by atoms with E-state index in [4.69, 9.17) is 4.74 Å². The van der Waals surface area contributed by atoms with Crippen LogP contribution in [0.1, 0.15) is 5.56 Å². The van der Waals surface area contributed by atoms with Gasteiger partial charge < -0.3 is 25.1 Å². The number of phenols is 1. The molecule has 0 spiro atoms. The van der Waals surface area contributed by atoms with Crippen molar-refractivity contribution in [1.82, 2.24) is 5.32 Å². The maximum absolute atomic E-state index is 11.1. The number of hydrogen-bond donors (Lipinski definition) is 2. The summed E-state index contributed by atoms with van der Waals surface area (Å²) in [6, 6.07) is 6.61. The molecule has 2 aromatic carbocycles. The third-order valence-corrected chi connectivity index (χ3v) is 6.59. The highest BCUT2D eigenvalue weighted by molar-refractivity contribution is 14.1. The summed E-state index contributed by atoms with van der Waals surface area (Å²) in [4.78, 5) is 11.1. The third kappa shape index (κ3) is 6.35. The number of rotatable bonds is 6. The second-order valence-electron chi connectivity index (χ2n) is 5.09. The van der Waals surface area contributed by atoms with E-state index in [1.54, 1.807) is 19.2 Å². The van der Waals surface area contributed by atoms with Gasteiger partial charge in [0.15, 0.2) is 5.75 Å². The van der Waals surface area contributed by atoms with Gasteiger partial charge in [0.1, 0.15) is 11.5 Å². The summed E-state index contributed by atoms with van der Waals surface area (Å²) in [5.41, 5.74) is 0.888. The number of carbonyl (C=O) groups is 1. The van der Waals surface area contributed by atoms with Gasteiger partial charge in [-0.1, -0.05) is 0 Å². The molecule has 2 N–H and O–H groups in total. The van der Waals surface area contributed by atoms with Crippen molar-refractivity contribution in [2.45, 2.75) is 12.5 Å². The second-order valence-corrected chi connectivity index (χ2v) is 9.74. The Balaban J connectivity index is 0.00000338. The van der Waals surface area contributed by atoms with E-state index in [1.165, 1.54) is 0 Å². The second kappa shape index (κ2) is 11.0. The zero-order valence-electron chi connectivity index (χ0n) is 13.2. The van der Waals surface area contributed by atoms with Gasteiger partial charge in [-0.05, 0) is 134 Å². The first-order valence-electron chi connectivity index (χ1n) is 6.94. The number of benzene rings is 2. The molecule has 0 aromatic heterocycles. The van der Waals surface area contributed by atoms with Crippen LogP contribution in [0.15, 0.2) is 24.3 Å². The van der Waals surface area contributed by atoms with Crippen LogP contribution in [0.5, 0.6) is 17.2 Å². The molecule has 0 radical (unpaired) electrons. The fraction of sp³-hybridized carbons (Fsp3) is 0.188. The molecular weight excluding hydrogens is 813 g/mol. The zero-order chi connectivity index (χ0) is 18.7. The van der Waals surface area contributed by atoms with Gasteiger partial charge in [0.2, 0.25) is 0 Å². The maximum Gasteiger partial charge on any atom is 0.154 e. The van der Waals surface area contributed by atoms with Gasteiger partial charge in [0.05, 0.1) is 26.3 Å². The highest BCUT2D eigenvalue weighted by Crippen LogP contribution is 2.36. The summed E-state index contributed by atoms with van der Waals surface area (Å²) >= 11 is 8.46. The number of hydrogen-bond acceptors (Lipinski definition) is 5. The van der Waals surface area contributed by atoms with E-state index >= 15 is 0 Å². The van der Waals surface area contributed by atoms with Crippen LogP contribution in [-0.2, 0) is 11.2 Å². The minimum Gasteiger partial charge on any atom is -0.548 e. The van der Waals surface area contributed by atoms with Gasteiger partial charge in [0, 0.05) is 0 Å². The molecule has 0 aliphatic heterocycles. The molecular formula is C16H13ClI4NO4-. The Kier molecular flexibility index (Phi) is 10.5. The first-order chi connectivity index (χ1) is 11.7. The molecule has 0 aliphatic rings. The average molecular weight is 826 g/mol. The number of carbonyl (C=O) groups excluding carboxylic acids is 1. The first-order valence-corrected chi connectivity index (χ1v) is 11.3. The number of ether oxygens (including phenoxy) is 1.